The SMILES string of the molecule is CCCCCCC[n+]1ccn(-c2c(C)cc(C)cc2C)c1. The van der Waals surface area contributed by atoms with E-state index in [-0.39, 0.29) is 0 Å². The standard InChI is InChI=1S/C19H29N2/c1-5-6-7-8-9-10-20-11-12-21(15-20)19-17(3)13-16(2)14-18(19)4/h11-15H,5-10H2,1-4H3/q+1. The van der Waals surface area contributed by atoms with E-state index in [1.165, 1.54) is 54.5 Å². The van der Waals surface area contributed by atoms with Crippen molar-refractivity contribution in [1.29, 1.82) is 0 Å². The fourth-order valence-corrected chi connectivity index (χ4v) is 3.14. The predicted octanol–water partition coefficient (Wildman–Crippen LogP) is 4.66. The largest absolute Gasteiger partial charge is 0.248 e. The highest BCUT2D eigenvalue weighted by Crippen LogP contribution is 2.20. The van der Waals surface area contributed by atoms with Gasteiger partial charge in [0.15, 0.2) is 0 Å². The van der Waals surface area contributed by atoms with E-state index in [1.807, 2.05) is 0 Å². The minimum Gasteiger partial charge on any atom is -0.236 e. The summed E-state index contributed by atoms with van der Waals surface area (Å²) in [5, 5.41) is 0. The van der Waals surface area contributed by atoms with Crippen LogP contribution in [-0.2, 0) is 6.54 Å². The molecule has 1 aromatic heterocycles. The molecule has 0 unspecified atom stereocenters. The van der Waals surface area contributed by atoms with Crippen LogP contribution < -0.4 is 4.57 Å². The van der Waals surface area contributed by atoms with Crippen LogP contribution in [0.5, 0.6) is 0 Å². The molecule has 0 saturated heterocycles. The van der Waals surface area contributed by atoms with Gasteiger partial charge in [-0.05, 0) is 44.7 Å². The Morgan fingerprint density at radius 3 is 2.29 bits per heavy atom. The summed E-state index contributed by atoms with van der Waals surface area (Å²) in [5.74, 6) is 0. The normalized spacial score (nSPS) is 11.0. The molecule has 0 aliphatic heterocycles. The van der Waals surface area contributed by atoms with Crippen molar-refractivity contribution in [2.24, 2.45) is 0 Å². The average Bonchev–Trinajstić information content (AvgIpc) is 2.86. The summed E-state index contributed by atoms with van der Waals surface area (Å²) >= 11 is 0. The van der Waals surface area contributed by atoms with Crippen LogP contribution in [0.3, 0.4) is 0 Å². The lowest BCUT2D eigenvalue weighted by molar-refractivity contribution is -0.696. The Kier molecular flexibility index (Phi) is 5.60. The van der Waals surface area contributed by atoms with Crippen molar-refractivity contribution in [3.8, 4) is 5.69 Å². The monoisotopic (exact) mass is 285 g/mol. The van der Waals surface area contributed by atoms with E-state index in [0.29, 0.717) is 0 Å². The van der Waals surface area contributed by atoms with E-state index < -0.39 is 0 Å². The molecule has 1 heterocycles. The second-order valence-corrected chi connectivity index (χ2v) is 6.22. The van der Waals surface area contributed by atoms with Gasteiger partial charge in [-0.25, -0.2) is 9.13 Å². The molecule has 0 bridgehead atoms. The zero-order valence-corrected chi connectivity index (χ0v) is 14.0. The second kappa shape index (κ2) is 7.44. The first kappa shape index (κ1) is 15.8. The van der Waals surface area contributed by atoms with Crippen LogP contribution >= 0.6 is 0 Å². The number of unbranched alkanes of at least 4 members (excludes halogenated alkanes) is 4. The number of hydrogen-bond donors (Lipinski definition) is 0. The third-order valence-electron chi connectivity index (χ3n) is 4.10. The molecule has 0 spiro atoms. The van der Waals surface area contributed by atoms with Crippen molar-refractivity contribution in [1.82, 2.24) is 4.57 Å². The van der Waals surface area contributed by atoms with Gasteiger partial charge in [0.05, 0.1) is 6.54 Å². The first-order valence-corrected chi connectivity index (χ1v) is 8.27. The number of hydrogen-bond acceptors (Lipinski definition) is 0. The topological polar surface area (TPSA) is 8.81 Å². The molecule has 2 nitrogen and oxygen atoms in total. The maximum Gasteiger partial charge on any atom is 0.248 e. The van der Waals surface area contributed by atoms with Gasteiger partial charge in [-0.2, -0.15) is 0 Å². The predicted molar refractivity (Wildman–Crippen MR) is 88.9 cm³/mol. The molecule has 1 aromatic carbocycles. The van der Waals surface area contributed by atoms with Crippen LogP contribution in [0.4, 0.5) is 0 Å². The number of aromatic nitrogens is 2. The van der Waals surface area contributed by atoms with Crippen LogP contribution in [0, 0.1) is 20.8 Å². The zero-order valence-electron chi connectivity index (χ0n) is 14.0. The van der Waals surface area contributed by atoms with Crippen molar-refractivity contribution in [3.05, 3.63) is 47.5 Å². The Hall–Kier alpha value is -1.57. The van der Waals surface area contributed by atoms with Gasteiger partial charge in [-0.1, -0.05) is 43.9 Å². The van der Waals surface area contributed by atoms with Gasteiger partial charge in [-0.3, -0.25) is 0 Å². The molecule has 0 fully saturated rings. The fourth-order valence-electron chi connectivity index (χ4n) is 3.14. The molecule has 0 saturated carbocycles. The fraction of sp³-hybridized carbons (Fsp3) is 0.526. The van der Waals surface area contributed by atoms with Crippen molar-refractivity contribution < 1.29 is 4.57 Å². The van der Waals surface area contributed by atoms with E-state index in [9.17, 15) is 0 Å². The lowest BCUT2D eigenvalue weighted by Crippen LogP contribution is -2.30. The highest BCUT2D eigenvalue weighted by molar-refractivity contribution is 5.48. The van der Waals surface area contributed by atoms with E-state index in [2.05, 4.69) is 67.7 Å². The third kappa shape index (κ3) is 4.20. The van der Waals surface area contributed by atoms with Crippen LogP contribution in [-0.4, -0.2) is 4.57 Å². The Labute approximate surface area is 129 Å². The van der Waals surface area contributed by atoms with Gasteiger partial charge in [0, 0.05) is 0 Å². The van der Waals surface area contributed by atoms with E-state index >= 15 is 0 Å². The summed E-state index contributed by atoms with van der Waals surface area (Å²) in [6.45, 7) is 9.95. The highest BCUT2D eigenvalue weighted by Gasteiger charge is 2.12. The van der Waals surface area contributed by atoms with Gasteiger partial charge in [0.2, 0.25) is 6.33 Å². The summed E-state index contributed by atoms with van der Waals surface area (Å²) in [7, 11) is 0. The smallest absolute Gasteiger partial charge is 0.236 e. The molecule has 0 aliphatic rings. The molecular formula is C19H29N2+. The molecular weight excluding hydrogens is 256 g/mol. The molecule has 0 aliphatic carbocycles. The van der Waals surface area contributed by atoms with Gasteiger partial charge >= 0.3 is 0 Å². The molecule has 0 radical (unpaired) electrons. The van der Waals surface area contributed by atoms with Gasteiger partial charge in [0.1, 0.15) is 18.1 Å². The quantitative estimate of drug-likeness (QED) is 0.517. The summed E-state index contributed by atoms with van der Waals surface area (Å²) in [5.41, 5.74) is 5.35. The van der Waals surface area contributed by atoms with E-state index in [4.69, 9.17) is 0 Å². The molecule has 0 amide bonds. The summed E-state index contributed by atoms with van der Waals surface area (Å²) in [6.07, 6.45) is 13.3. The molecule has 114 valence electrons. The zero-order chi connectivity index (χ0) is 15.2. The molecule has 0 atom stereocenters. The lowest BCUT2D eigenvalue weighted by Gasteiger charge is -2.07. The van der Waals surface area contributed by atoms with E-state index in [1.54, 1.807) is 0 Å². The molecule has 0 N–H and O–H groups in total. The Bertz CT molecular complexity index is 558. The summed E-state index contributed by atoms with van der Waals surface area (Å²) < 4.78 is 4.57. The number of benzene rings is 1. The molecule has 2 aromatic rings. The Morgan fingerprint density at radius 2 is 1.62 bits per heavy atom. The van der Waals surface area contributed by atoms with Crippen molar-refractivity contribution in [2.45, 2.75) is 66.3 Å². The number of nitrogens with zero attached hydrogens (tertiary/aromatic N) is 2. The van der Waals surface area contributed by atoms with Crippen LogP contribution in [0.15, 0.2) is 30.9 Å². The summed E-state index contributed by atoms with van der Waals surface area (Å²) in [6, 6.07) is 4.52. The maximum absolute atomic E-state index is 2.31. The van der Waals surface area contributed by atoms with E-state index in [0.717, 1.165) is 6.54 Å². The van der Waals surface area contributed by atoms with Crippen LogP contribution in [0.1, 0.15) is 55.7 Å². The first-order valence-electron chi connectivity index (χ1n) is 8.27. The summed E-state index contributed by atoms with van der Waals surface area (Å²) in [4.78, 5) is 0. The minimum atomic E-state index is 1.13. The van der Waals surface area contributed by atoms with Gasteiger partial charge in [0.25, 0.3) is 0 Å². The Morgan fingerprint density at radius 1 is 0.952 bits per heavy atom. The maximum atomic E-state index is 2.31. The third-order valence-corrected chi connectivity index (χ3v) is 4.10. The Balaban J connectivity index is 2.03. The van der Waals surface area contributed by atoms with Crippen molar-refractivity contribution in [3.63, 3.8) is 0 Å². The molecule has 21 heavy (non-hydrogen) atoms. The molecule has 2 heteroatoms. The van der Waals surface area contributed by atoms with Gasteiger partial charge in [-0.15, -0.1) is 0 Å². The number of imidazole rings is 1. The minimum absolute atomic E-state index is 1.13. The van der Waals surface area contributed by atoms with Crippen LogP contribution in [0.2, 0.25) is 0 Å². The number of aryl methyl sites for hydroxylation is 4. The lowest BCUT2D eigenvalue weighted by atomic mass is 10.1. The second-order valence-electron chi connectivity index (χ2n) is 6.22. The van der Waals surface area contributed by atoms with Gasteiger partial charge < -0.3 is 0 Å². The highest BCUT2D eigenvalue weighted by atomic mass is 15.1. The van der Waals surface area contributed by atoms with Crippen molar-refractivity contribution >= 4 is 0 Å². The van der Waals surface area contributed by atoms with Crippen molar-refractivity contribution in [2.75, 3.05) is 0 Å². The number of rotatable bonds is 7. The first-order chi connectivity index (χ1) is 10.1. The molecule has 2 rings (SSSR count). The van der Waals surface area contributed by atoms with Crippen LogP contribution in [0.25, 0.3) is 5.69 Å². The average molecular weight is 285 g/mol.